The van der Waals surface area contributed by atoms with Gasteiger partial charge in [-0.1, -0.05) is 12.1 Å². The van der Waals surface area contributed by atoms with Crippen molar-refractivity contribution < 1.29 is 0 Å². The lowest BCUT2D eigenvalue weighted by molar-refractivity contribution is 1.10. The van der Waals surface area contributed by atoms with Crippen LogP contribution in [-0.2, 0) is 0 Å². The minimum atomic E-state index is 0.507. The monoisotopic (exact) mass is 230 g/mol. The Hall–Kier alpha value is -1.88. The highest BCUT2D eigenvalue weighted by molar-refractivity contribution is 7.13. The summed E-state index contributed by atoms with van der Waals surface area (Å²) >= 11 is 1.51. The van der Waals surface area contributed by atoms with E-state index in [0.717, 1.165) is 17.0 Å². The van der Waals surface area contributed by atoms with Crippen molar-refractivity contribution in [3.05, 3.63) is 30.0 Å². The Kier molecular flexibility index (Phi) is 1.94. The van der Waals surface area contributed by atoms with E-state index in [0.29, 0.717) is 5.82 Å². The minimum absolute atomic E-state index is 0.507. The number of aryl methyl sites for hydroxylation is 1. The molecule has 2 heterocycles. The summed E-state index contributed by atoms with van der Waals surface area (Å²) in [5.41, 5.74) is 8.70. The number of H-pyrrole nitrogens is 1. The van der Waals surface area contributed by atoms with E-state index in [1.807, 2.05) is 19.1 Å². The molecule has 0 aliphatic carbocycles. The van der Waals surface area contributed by atoms with Crippen molar-refractivity contribution in [2.75, 3.05) is 5.73 Å². The van der Waals surface area contributed by atoms with E-state index in [4.69, 9.17) is 5.73 Å². The van der Waals surface area contributed by atoms with Gasteiger partial charge in [-0.25, -0.2) is 0 Å². The molecule has 0 saturated heterocycles. The van der Waals surface area contributed by atoms with Gasteiger partial charge in [-0.05, 0) is 24.5 Å². The molecule has 3 N–H and O–H groups in total. The van der Waals surface area contributed by atoms with Crippen LogP contribution in [-0.4, -0.2) is 14.6 Å². The maximum absolute atomic E-state index is 5.62. The Balaban J connectivity index is 2.34. The lowest BCUT2D eigenvalue weighted by Crippen LogP contribution is -1.81. The number of anilines is 1. The number of nitrogens with two attached hydrogens (primary N) is 1. The van der Waals surface area contributed by atoms with E-state index in [-0.39, 0.29) is 0 Å². The smallest absolute Gasteiger partial charge is 0.145 e. The van der Waals surface area contributed by atoms with Gasteiger partial charge in [0.25, 0.3) is 0 Å². The van der Waals surface area contributed by atoms with Gasteiger partial charge in [0.1, 0.15) is 5.82 Å². The quantitative estimate of drug-likeness (QED) is 0.675. The van der Waals surface area contributed by atoms with Gasteiger partial charge in [0, 0.05) is 17.0 Å². The topological polar surface area (TPSA) is 67.6 Å². The van der Waals surface area contributed by atoms with Crippen molar-refractivity contribution in [3.63, 3.8) is 0 Å². The van der Waals surface area contributed by atoms with Gasteiger partial charge in [0.05, 0.1) is 16.1 Å². The molecule has 1 aromatic carbocycles. The Morgan fingerprint density at radius 2 is 2.25 bits per heavy atom. The van der Waals surface area contributed by atoms with Crippen LogP contribution < -0.4 is 5.73 Å². The third kappa shape index (κ3) is 1.29. The molecule has 5 heteroatoms. The van der Waals surface area contributed by atoms with Crippen LogP contribution in [0, 0.1) is 6.92 Å². The zero-order chi connectivity index (χ0) is 11.1. The van der Waals surface area contributed by atoms with Crippen LogP contribution in [0.5, 0.6) is 0 Å². The minimum Gasteiger partial charge on any atom is -0.382 e. The molecule has 0 amide bonds. The predicted octanol–water partition coefficient (Wildman–Crippen LogP) is 2.58. The lowest BCUT2D eigenvalue weighted by Gasteiger charge is -1.99. The first-order valence-corrected chi connectivity index (χ1v) is 5.69. The Labute approximate surface area is 96.3 Å². The second-order valence-corrected chi connectivity index (χ2v) is 4.46. The number of rotatable bonds is 1. The van der Waals surface area contributed by atoms with Crippen LogP contribution in [0.4, 0.5) is 5.82 Å². The molecule has 0 aliphatic rings. The molecule has 16 heavy (non-hydrogen) atoms. The second-order valence-electron chi connectivity index (χ2n) is 3.65. The highest BCUT2D eigenvalue weighted by Crippen LogP contribution is 2.32. The zero-order valence-corrected chi connectivity index (χ0v) is 9.51. The summed E-state index contributed by atoms with van der Waals surface area (Å²) in [6.07, 6.45) is 0. The summed E-state index contributed by atoms with van der Waals surface area (Å²) in [5.74, 6) is 0.507. The molecule has 3 aromatic rings. The number of aromatic amines is 1. The van der Waals surface area contributed by atoms with Crippen LogP contribution >= 0.6 is 11.5 Å². The van der Waals surface area contributed by atoms with Gasteiger partial charge in [-0.15, -0.1) is 0 Å². The van der Waals surface area contributed by atoms with E-state index in [2.05, 4.69) is 26.7 Å². The maximum Gasteiger partial charge on any atom is 0.145 e. The van der Waals surface area contributed by atoms with Crippen molar-refractivity contribution in [1.82, 2.24) is 14.6 Å². The van der Waals surface area contributed by atoms with Gasteiger partial charge < -0.3 is 5.73 Å². The van der Waals surface area contributed by atoms with Gasteiger partial charge >= 0.3 is 0 Å². The third-order valence-corrected chi connectivity index (χ3v) is 3.46. The van der Waals surface area contributed by atoms with Crippen LogP contribution in [0.25, 0.3) is 21.3 Å². The standard InChI is InChI=1S/C11H10N4S/c1-6-11-7(8-5-10(12)14-13-8)3-2-4-9(11)16-15-6/h2-5H,1H3,(H3,12,13,14). The number of nitrogens with zero attached hydrogens (tertiary/aromatic N) is 2. The molecule has 0 fully saturated rings. The van der Waals surface area contributed by atoms with Crippen molar-refractivity contribution in [1.29, 1.82) is 0 Å². The molecule has 0 radical (unpaired) electrons. The van der Waals surface area contributed by atoms with Gasteiger partial charge in [-0.3, -0.25) is 5.10 Å². The first-order chi connectivity index (χ1) is 7.75. The number of hydrogen-bond acceptors (Lipinski definition) is 4. The van der Waals surface area contributed by atoms with E-state index in [9.17, 15) is 0 Å². The maximum atomic E-state index is 5.62. The summed E-state index contributed by atoms with van der Waals surface area (Å²) in [6.45, 7) is 2.02. The molecule has 0 atom stereocenters. The van der Waals surface area contributed by atoms with Gasteiger partial charge in [0.2, 0.25) is 0 Å². The zero-order valence-electron chi connectivity index (χ0n) is 8.69. The summed E-state index contributed by atoms with van der Waals surface area (Å²) in [4.78, 5) is 0. The number of fused-ring (bicyclic) bond motifs is 1. The van der Waals surface area contributed by atoms with Crippen molar-refractivity contribution >= 4 is 27.4 Å². The van der Waals surface area contributed by atoms with Crippen LogP contribution in [0.15, 0.2) is 24.3 Å². The highest BCUT2D eigenvalue weighted by Gasteiger charge is 2.10. The number of aromatic nitrogens is 3. The van der Waals surface area contributed by atoms with Crippen LogP contribution in [0.3, 0.4) is 0 Å². The van der Waals surface area contributed by atoms with Crippen LogP contribution in [0.1, 0.15) is 5.69 Å². The average Bonchev–Trinajstić information content (AvgIpc) is 2.86. The van der Waals surface area contributed by atoms with Crippen molar-refractivity contribution in [2.24, 2.45) is 0 Å². The van der Waals surface area contributed by atoms with Crippen molar-refractivity contribution in [3.8, 4) is 11.3 Å². The predicted molar refractivity (Wildman–Crippen MR) is 66.4 cm³/mol. The molecule has 0 bridgehead atoms. The fourth-order valence-corrected chi connectivity index (χ4v) is 2.66. The van der Waals surface area contributed by atoms with Gasteiger partial charge in [0.15, 0.2) is 0 Å². The highest BCUT2D eigenvalue weighted by atomic mass is 32.1. The summed E-state index contributed by atoms with van der Waals surface area (Å²) < 4.78 is 5.55. The first kappa shape index (κ1) is 9.35. The van der Waals surface area contributed by atoms with E-state index < -0.39 is 0 Å². The molecule has 0 saturated carbocycles. The molecule has 0 spiro atoms. The molecular formula is C11H10N4S. The van der Waals surface area contributed by atoms with E-state index in [1.54, 1.807) is 0 Å². The Morgan fingerprint density at radius 3 is 3.00 bits per heavy atom. The number of benzene rings is 1. The Morgan fingerprint density at radius 1 is 1.38 bits per heavy atom. The SMILES string of the molecule is Cc1nsc2cccc(-c3cc(N)n[nH]3)c12. The number of hydrogen-bond donors (Lipinski definition) is 2. The third-order valence-electron chi connectivity index (χ3n) is 2.56. The van der Waals surface area contributed by atoms with Gasteiger partial charge in [-0.2, -0.15) is 9.47 Å². The fourth-order valence-electron chi connectivity index (χ4n) is 1.84. The normalized spacial score (nSPS) is 11.1. The van der Waals surface area contributed by atoms with Crippen LogP contribution in [0.2, 0.25) is 0 Å². The van der Waals surface area contributed by atoms with Crippen molar-refractivity contribution in [2.45, 2.75) is 6.92 Å². The fraction of sp³-hybridized carbons (Fsp3) is 0.0909. The Bertz CT molecular complexity index is 653. The molecule has 2 aromatic heterocycles. The lowest BCUT2D eigenvalue weighted by atomic mass is 10.1. The molecule has 0 unspecified atom stereocenters. The molecule has 0 aliphatic heterocycles. The summed E-state index contributed by atoms with van der Waals surface area (Å²) in [5, 5.41) is 8.06. The number of nitrogen functional groups attached to an aromatic ring is 1. The largest absolute Gasteiger partial charge is 0.382 e. The molecule has 80 valence electrons. The second kappa shape index (κ2) is 3.31. The molecule has 3 rings (SSSR count). The van der Waals surface area contributed by atoms with E-state index >= 15 is 0 Å². The van der Waals surface area contributed by atoms with E-state index in [1.165, 1.54) is 21.6 Å². The first-order valence-electron chi connectivity index (χ1n) is 4.92. The summed E-state index contributed by atoms with van der Waals surface area (Å²) in [6, 6.07) is 7.98. The summed E-state index contributed by atoms with van der Waals surface area (Å²) in [7, 11) is 0. The molecular weight excluding hydrogens is 220 g/mol. The number of nitrogens with one attached hydrogen (secondary N) is 1. The average molecular weight is 230 g/mol. The molecule has 4 nitrogen and oxygen atoms in total.